The van der Waals surface area contributed by atoms with Crippen molar-refractivity contribution in [3.63, 3.8) is 0 Å². The number of aliphatic carboxylic acids is 1. The number of carbonyl (C=O) groups is 2. The molecule has 1 aliphatic rings. The van der Waals surface area contributed by atoms with E-state index in [0.717, 1.165) is 32.2 Å². The van der Waals surface area contributed by atoms with E-state index in [4.69, 9.17) is 0 Å². The molecule has 1 rings (SSSR count). The van der Waals surface area contributed by atoms with Crippen molar-refractivity contribution in [2.45, 2.75) is 64.5 Å². The van der Waals surface area contributed by atoms with Gasteiger partial charge in [0, 0.05) is 0 Å². The second-order valence-electron chi connectivity index (χ2n) is 5.86. The Kier molecular flexibility index (Phi) is 5.79. The van der Waals surface area contributed by atoms with E-state index in [1.165, 1.54) is 0 Å². The van der Waals surface area contributed by atoms with Gasteiger partial charge in [-0.15, -0.1) is 0 Å². The van der Waals surface area contributed by atoms with Crippen LogP contribution in [0.3, 0.4) is 0 Å². The number of carboxylic acid groups (broad SMARTS) is 1. The van der Waals surface area contributed by atoms with E-state index in [0.29, 0.717) is 6.42 Å². The van der Waals surface area contributed by atoms with Crippen LogP contribution >= 0.6 is 0 Å². The molecule has 3 N–H and O–H groups in total. The van der Waals surface area contributed by atoms with Crippen molar-refractivity contribution in [3.05, 3.63) is 0 Å². The van der Waals surface area contributed by atoms with Gasteiger partial charge in [-0.2, -0.15) is 0 Å². The van der Waals surface area contributed by atoms with Crippen molar-refractivity contribution in [2.75, 3.05) is 6.54 Å². The zero-order chi connectivity index (χ0) is 14.5. The molecule has 0 saturated carbocycles. The zero-order valence-electron chi connectivity index (χ0n) is 12.2. The molecule has 1 aliphatic heterocycles. The Balaban J connectivity index is 2.71. The van der Waals surface area contributed by atoms with Gasteiger partial charge < -0.3 is 15.7 Å². The molecule has 0 aromatic heterocycles. The number of carboxylic acids is 1. The summed E-state index contributed by atoms with van der Waals surface area (Å²) in [5, 5.41) is 15.2. The fourth-order valence-electron chi connectivity index (χ4n) is 2.74. The lowest BCUT2D eigenvalue weighted by molar-refractivity contribution is -0.143. The molecule has 0 radical (unpaired) electrons. The first-order valence-electron chi connectivity index (χ1n) is 7.20. The maximum atomic E-state index is 12.4. The van der Waals surface area contributed by atoms with Crippen LogP contribution < -0.4 is 10.6 Å². The van der Waals surface area contributed by atoms with Crippen molar-refractivity contribution in [2.24, 2.45) is 5.92 Å². The topological polar surface area (TPSA) is 78.4 Å². The van der Waals surface area contributed by atoms with Crippen LogP contribution in [0.5, 0.6) is 0 Å². The summed E-state index contributed by atoms with van der Waals surface area (Å²) in [6, 6.07) is -0.788. The maximum absolute atomic E-state index is 12.4. The van der Waals surface area contributed by atoms with Gasteiger partial charge in [0.1, 0.15) is 6.04 Å². The van der Waals surface area contributed by atoms with Crippen LogP contribution in [0.1, 0.15) is 52.9 Å². The molecule has 1 amide bonds. The predicted molar refractivity (Wildman–Crippen MR) is 73.9 cm³/mol. The van der Waals surface area contributed by atoms with Crippen LogP contribution in [0.2, 0.25) is 0 Å². The Bertz CT molecular complexity index is 323. The summed E-state index contributed by atoms with van der Waals surface area (Å²) in [6.07, 6.45) is 3.88. The average Bonchev–Trinajstić information content (AvgIpc) is 2.77. The van der Waals surface area contributed by atoms with E-state index >= 15 is 0 Å². The highest BCUT2D eigenvalue weighted by Gasteiger charge is 2.41. The smallest absolute Gasteiger partial charge is 0.326 e. The predicted octanol–water partition coefficient (Wildman–Crippen LogP) is 1.52. The average molecular weight is 270 g/mol. The highest BCUT2D eigenvalue weighted by Crippen LogP contribution is 2.25. The monoisotopic (exact) mass is 270 g/mol. The van der Waals surface area contributed by atoms with E-state index < -0.39 is 17.6 Å². The maximum Gasteiger partial charge on any atom is 0.326 e. The van der Waals surface area contributed by atoms with Crippen molar-refractivity contribution in [1.82, 2.24) is 10.6 Å². The standard InChI is InChI=1S/C14H26N2O3/c1-4-6-14(7-5-8-15-14)13(19)16-11(12(17)18)9-10(2)3/h10-11,15H,4-9H2,1-3H3,(H,16,19)(H,17,18)/t11-,14?/m1/s1. The van der Waals surface area contributed by atoms with Crippen LogP contribution in [0.25, 0.3) is 0 Å². The molecule has 0 bridgehead atoms. The van der Waals surface area contributed by atoms with E-state index in [1.807, 2.05) is 20.8 Å². The lowest BCUT2D eigenvalue weighted by atomic mass is 9.90. The summed E-state index contributed by atoms with van der Waals surface area (Å²) in [6.45, 7) is 6.78. The third-order valence-electron chi connectivity index (χ3n) is 3.67. The van der Waals surface area contributed by atoms with Crippen molar-refractivity contribution in [3.8, 4) is 0 Å². The van der Waals surface area contributed by atoms with Crippen LogP contribution in [0.4, 0.5) is 0 Å². The van der Waals surface area contributed by atoms with E-state index in [9.17, 15) is 14.7 Å². The highest BCUT2D eigenvalue weighted by atomic mass is 16.4. The molecule has 5 heteroatoms. The first kappa shape index (κ1) is 16.0. The molecule has 1 unspecified atom stereocenters. The zero-order valence-corrected chi connectivity index (χ0v) is 12.2. The van der Waals surface area contributed by atoms with Gasteiger partial charge in [-0.25, -0.2) is 4.79 Å². The molecule has 1 fully saturated rings. The highest BCUT2D eigenvalue weighted by molar-refractivity contribution is 5.90. The quantitative estimate of drug-likeness (QED) is 0.655. The SMILES string of the molecule is CCCC1(C(=O)N[C@H](CC(C)C)C(=O)O)CCCN1. The fraction of sp³-hybridized carbons (Fsp3) is 0.857. The number of nitrogens with one attached hydrogen (secondary N) is 2. The molecule has 1 saturated heterocycles. The van der Waals surface area contributed by atoms with Gasteiger partial charge in [0.25, 0.3) is 0 Å². The third-order valence-corrected chi connectivity index (χ3v) is 3.67. The first-order valence-corrected chi connectivity index (χ1v) is 7.20. The van der Waals surface area contributed by atoms with Crippen LogP contribution in [-0.2, 0) is 9.59 Å². The minimum Gasteiger partial charge on any atom is -0.480 e. The third kappa shape index (κ3) is 4.20. The normalized spacial score (nSPS) is 24.4. The van der Waals surface area contributed by atoms with Gasteiger partial charge in [0.2, 0.25) is 5.91 Å². The molecule has 19 heavy (non-hydrogen) atoms. The van der Waals surface area contributed by atoms with Crippen LogP contribution in [-0.4, -0.2) is 35.1 Å². The summed E-state index contributed by atoms with van der Waals surface area (Å²) in [5.41, 5.74) is -0.556. The summed E-state index contributed by atoms with van der Waals surface area (Å²) >= 11 is 0. The number of hydrogen-bond donors (Lipinski definition) is 3. The summed E-state index contributed by atoms with van der Waals surface area (Å²) in [4.78, 5) is 23.6. The lowest BCUT2D eigenvalue weighted by Gasteiger charge is -2.30. The summed E-state index contributed by atoms with van der Waals surface area (Å²) < 4.78 is 0. The van der Waals surface area contributed by atoms with E-state index in [-0.39, 0.29) is 11.8 Å². The minimum absolute atomic E-state index is 0.153. The molecule has 1 heterocycles. The van der Waals surface area contributed by atoms with Gasteiger partial charge in [0.05, 0.1) is 5.54 Å². The van der Waals surface area contributed by atoms with Gasteiger partial charge in [-0.1, -0.05) is 27.2 Å². The van der Waals surface area contributed by atoms with Crippen LogP contribution in [0.15, 0.2) is 0 Å². The molecule has 5 nitrogen and oxygen atoms in total. The molecule has 0 aromatic carbocycles. The Morgan fingerprint density at radius 3 is 2.53 bits per heavy atom. The van der Waals surface area contributed by atoms with Gasteiger partial charge in [-0.05, 0) is 38.1 Å². The molecular weight excluding hydrogens is 244 g/mol. The number of carbonyl (C=O) groups excluding carboxylic acids is 1. The molecule has 2 atom stereocenters. The van der Waals surface area contributed by atoms with E-state index in [2.05, 4.69) is 10.6 Å². The number of hydrogen-bond acceptors (Lipinski definition) is 3. The second-order valence-corrected chi connectivity index (χ2v) is 5.86. The molecule has 110 valence electrons. The lowest BCUT2D eigenvalue weighted by Crippen LogP contribution is -2.57. The van der Waals surface area contributed by atoms with Crippen molar-refractivity contribution < 1.29 is 14.7 Å². The number of amides is 1. The molecular formula is C14H26N2O3. The number of rotatable bonds is 7. The van der Waals surface area contributed by atoms with Crippen molar-refractivity contribution >= 4 is 11.9 Å². The minimum atomic E-state index is -0.952. The van der Waals surface area contributed by atoms with E-state index in [1.54, 1.807) is 0 Å². The summed E-state index contributed by atoms with van der Waals surface area (Å²) in [5.74, 6) is -0.869. The molecule has 0 spiro atoms. The Hall–Kier alpha value is -1.10. The van der Waals surface area contributed by atoms with Crippen molar-refractivity contribution in [1.29, 1.82) is 0 Å². The Morgan fingerprint density at radius 2 is 2.11 bits per heavy atom. The Morgan fingerprint density at radius 1 is 1.42 bits per heavy atom. The molecule has 0 aromatic rings. The largest absolute Gasteiger partial charge is 0.480 e. The first-order chi connectivity index (χ1) is 8.91. The fourth-order valence-corrected chi connectivity index (χ4v) is 2.74. The van der Waals surface area contributed by atoms with Gasteiger partial charge >= 0.3 is 5.97 Å². The Labute approximate surface area is 115 Å². The van der Waals surface area contributed by atoms with Crippen LogP contribution in [0, 0.1) is 5.92 Å². The second kappa shape index (κ2) is 6.89. The van der Waals surface area contributed by atoms with Gasteiger partial charge in [0.15, 0.2) is 0 Å². The summed E-state index contributed by atoms with van der Waals surface area (Å²) in [7, 11) is 0. The molecule has 0 aliphatic carbocycles. The van der Waals surface area contributed by atoms with Gasteiger partial charge in [-0.3, -0.25) is 4.79 Å².